The van der Waals surface area contributed by atoms with Gasteiger partial charge in [-0.25, -0.2) is 0 Å². The summed E-state index contributed by atoms with van der Waals surface area (Å²) in [6, 6.07) is 4.37. The minimum atomic E-state index is -0.723. The molecule has 2 N–H and O–H groups in total. The second-order valence-electron chi connectivity index (χ2n) is 5.12. The van der Waals surface area contributed by atoms with E-state index in [1.54, 1.807) is 39.0 Å². The third kappa shape index (κ3) is 5.25. The number of esters is 1. The number of rotatable bonds is 3. The molecule has 0 aliphatic heterocycles. The molecule has 1 atom stereocenters. The summed E-state index contributed by atoms with van der Waals surface area (Å²) in [5, 5.41) is 1.04. The number of ether oxygens (including phenoxy) is 1. The first-order chi connectivity index (χ1) is 8.17. The standard InChI is InChI=1S/C13H17Cl2NO2/c1-13(2,3)18-12(17)11(16)6-8-4-9(14)7-10(15)5-8/h4-5,7,11H,6,16H2,1-3H3. The first-order valence-electron chi connectivity index (χ1n) is 5.61. The van der Waals surface area contributed by atoms with Gasteiger partial charge >= 0.3 is 5.97 Å². The van der Waals surface area contributed by atoms with Crippen LogP contribution in [0.15, 0.2) is 18.2 Å². The summed E-state index contributed by atoms with van der Waals surface area (Å²) < 4.78 is 5.20. The predicted octanol–water partition coefficient (Wildman–Crippen LogP) is 3.20. The molecule has 0 saturated heterocycles. The Morgan fingerprint density at radius 1 is 1.28 bits per heavy atom. The van der Waals surface area contributed by atoms with Crippen molar-refractivity contribution in [1.82, 2.24) is 0 Å². The van der Waals surface area contributed by atoms with Gasteiger partial charge in [0.05, 0.1) is 0 Å². The summed E-state index contributed by atoms with van der Waals surface area (Å²) in [4.78, 5) is 11.7. The Kier molecular flexibility index (Phi) is 5.02. The van der Waals surface area contributed by atoms with Crippen LogP contribution < -0.4 is 5.73 Å². The Balaban J connectivity index is 2.69. The molecule has 0 fully saturated rings. The van der Waals surface area contributed by atoms with Gasteiger partial charge < -0.3 is 10.5 Å². The molecule has 0 aliphatic carbocycles. The Morgan fingerprint density at radius 3 is 2.22 bits per heavy atom. The van der Waals surface area contributed by atoms with E-state index in [1.807, 2.05) is 0 Å². The van der Waals surface area contributed by atoms with Crippen molar-refractivity contribution >= 4 is 29.2 Å². The van der Waals surface area contributed by atoms with Gasteiger partial charge in [0.1, 0.15) is 11.6 Å². The molecular weight excluding hydrogens is 273 g/mol. The minimum Gasteiger partial charge on any atom is -0.459 e. The van der Waals surface area contributed by atoms with Gasteiger partial charge in [-0.1, -0.05) is 23.2 Å². The van der Waals surface area contributed by atoms with E-state index in [0.29, 0.717) is 16.5 Å². The zero-order valence-corrected chi connectivity index (χ0v) is 12.2. The molecule has 0 spiro atoms. The van der Waals surface area contributed by atoms with Crippen LogP contribution in [0.4, 0.5) is 0 Å². The average Bonchev–Trinajstić information content (AvgIpc) is 2.12. The first-order valence-corrected chi connectivity index (χ1v) is 6.36. The Morgan fingerprint density at radius 2 is 1.78 bits per heavy atom. The van der Waals surface area contributed by atoms with Gasteiger partial charge in [-0.15, -0.1) is 0 Å². The fourth-order valence-electron chi connectivity index (χ4n) is 1.44. The molecule has 100 valence electrons. The van der Waals surface area contributed by atoms with E-state index in [0.717, 1.165) is 5.56 Å². The first kappa shape index (κ1) is 15.3. The summed E-state index contributed by atoms with van der Waals surface area (Å²) in [6.45, 7) is 5.40. The van der Waals surface area contributed by atoms with Crippen molar-refractivity contribution in [3.8, 4) is 0 Å². The van der Waals surface area contributed by atoms with E-state index in [-0.39, 0.29) is 0 Å². The highest BCUT2D eigenvalue weighted by Gasteiger charge is 2.22. The van der Waals surface area contributed by atoms with Crippen molar-refractivity contribution < 1.29 is 9.53 Å². The number of hydrogen-bond donors (Lipinski definition) is 1. The number of benzene rings is 1. The summed E-state index contributed by atoms with van der Waals surface area (Å²) in [5.41, 5.74) is 6.07. The van der Waals surface area contributed by atoms with Crippen molar-refractivity contribution in [1.29, 1.82) is 0 Å². The maximum Gasteiger partial charge on any atom is 0.323 e. The minimum absolute atomic E-state index is 0.342. The summed E-state index contributed by atoms with van der Waals surface area (Å²) in [7, 11) is 0. The maximum atomic E-state index is 11.7. The number of carbonyl (C=O) groups excluding carboxylic acids is 1. The fraction of sp³-hybridized carbons (Fsp3) is 0.462. The number of hydrogen-bond acceptors (Lipinski definition) is 3. The SMILES string of the molecule is CC(C)(C)OC(=O)C(N)Cc1cc(Cl)cc(Cl)c1. The van der Waals surface area contributed by atoms with Crippen LogP contribution in [0.2, 0.25) is 10.0 Å². The van der Waals surface area contributed by atoms with Crippen LogP contribution in [-0.4, -0.2) is 17.6 Å². The maximum absolute atomic E-state index is 11.7. The Bertz CT molecular complexity index is 421. The van der Waals surface area contributed by atoms with E-state index in [2.05, 4.69) is 0 Å². The van der Waals surface area contributed by atoms with Crippen LogP contribution in [-0.2, 0) is 16.0 Å². The summed E-state index contributed by atoms with van der Waals surface area (Å²) in [5.74, 6) is -0.432. The van der Waals surface area contributed by atoms with Gasteiger partial charge in [0.25, 0.3) is 0 Å². The summed E-state index contributed by atoms with van der Waals surface area (Å²) in [6.07, 6.45) is 0.342. The normalized spacial score (nSPS) is 13.2. The van der Waals surface area contributed by atoms with Gasteiger partial charge in [-0.05, 0) is 51.0 Å². The molecule has 0 amide bonds. The third-order valence-electron chi connectivity index (χ3n) is 2.09. The van der Waals surface area contributed by atoms with E-state index in [4.69, 9.17) is 33.7 Å². The largest absolute Gasteiger partial charge is 0.459 e. The van der Waals surface area contributed by atoms with Crippen molar-refractivity contribution in [3.63, 3.8) is 0 Å². The van der Waals surface area contributed by atoms with E-state index >= 15 is 0 Å². The van der Waals surface area contributed by atoms with Crippen LogP contribution in [0, 0.1) is 0 Å². The molecule has 0 radical (unpaired) electrons. The van der Waals surface area contributed by atoms with Crippen LogP contribution in [0.25, 0.3) is 0 Å². The topological polar surface area (TPSA) is 52.3 Å². The van der Waals surface area contributed by atoms with Crippen molar-refractivity contribution in [2.24, 2.45) is 5.73 Å². The molecule has 1 unspecified atom stereocenters. The quantitative estimate of drug-likeness (QED) is 0.870. The van der Waals surface area contributed by atoms with E-state index < -0.39 is 17.6 Å². The highest BCUT2D eigenvalue weighted by molar-refractivity contribution is 6.34. The lowest BCUT2D eigenvalue weighted by atomic mass is 10.1. The van der Waals surface area contributed by atoms with Crippen molar-refractivity contribution in [2.75, 3.05) is 0 Å². The molecule has 1 aromatic carbocycles. The van der Waals surface area contributed by atoms with Gasteiger partial charge in [0.15, 0.2) is 0 Å². The highest BCUT2D eigenvalue weighted by atomic mass is 35.5. The Hall–Kier alpha value is -0.770. The second-order valence-corrected chi connectivity index (χ2v) is 5.99. The third-order valence-corrected chi connectivity index (χ3v) is 2.52. The molecule has 0 aromatic heterocycles. The molecular formula is C13H17Cl2NO2. The lowest BCUT2D eigenvalue weighted by molar-refractivity contribution is -0.156. The summed E-state index contributed by atoms with van der Waals surface area (Å²) >= 11 is 11.8. The van der Waals surface area contributed by atoms with Gasteiger partial charge in [0, 0.05) is 10.0 Å². The molecule has 0 bridgehead atoms. The zero-order chi connectivity index (χ0) is 13.9. The zero-order valence-electron chi connectivity index (χ0n) is 10.7. The molecule has 0 aliphatic rings. The molecule has 1 rings (SSSR count). The van der Waals surface area contributed by atoms with Crippen LogP contribution in [0.5, 0.6) is 0 Å². The molecule has 1 aromatic rings. The van der Waals surface area contributed by atoms with Gasteiger partial charge in [-0.2, -0.15) is 0 Å². The molecule has 3 nitrogen and oxygen atoms in total. The van der Waals surface area contributed by atoms with Crippen molar-refractivity contribution in [3.05, 3.63) is 33.8 Å². The monoisotopic (exact) mass is 289 g/mol. The van der Waals surface area contributed by atoms with Crippen molar-refractivity contribution in [2.45, 2.75) is 38.8 Å². The molecule has 5 heteroatoms. The Labute approximate surface area is 117 Å². The van der Waals surface area contributed by atoms with Crippen LogP contribution in [0.1, 0.15) is 26.3 Å². The number of nitrogens with two attached hydrogens (primary N) is 1. The molecule has 0 saturated carbocycles. The van der Waals surface area contributed by atoms with Crippen LogP contribution in [0.3, 0.4) is 0 Å². The van der Waals surface area contributed by atoms with Gasteiger partial charge in [-0.3, -0.25) is 4.79 Å². The average molecular weight is 290 g/mol. The smallest absolute Gasteiger partial charge is 0.323 e. The fourth-order valence-corrected chi connectivity index (χ4v) is 2.01. The predicted molar refractivity (Wildman–Crippen MR) is 74.0 cm³/mol. The van der Waals surface area contributed by atoms with E-state index in [1.165, 1.54) is 0 Å². The lowest BCUT2D eigenvalue weighted by Crippen LogP contribution is -2.38. The lowest BCUT2D eigenvalue weighted by Gasteiger charge is -2.22. The van der Waals surface area contributed by atoms with Crippen LogP contribution >= 0.6 is 23.2 Å². The molecule has 18 heavy (non-hydrogen) atoms. The molecule has 0 heterocycles. The second kappa shape index (κ2) is 5.91. The highest BCUT2D eigenvalue weighted by Crippen LogP contribution is 2.20. The van der Waals surface area contributed by atoms with E-state index in [9.17, 15) is 4.79 Å². The van der Waals surface area contributed by atoms with Gasteiger partial charge in [0.2, 0.25) is 0 Å². The number of carbonyl (C=O) groups is 1. The number of halogens is 2.